The maximum Gasteiger partial charge on any atom is 0.245 e. The van der Waals surface area contributed by atoms with E-state index in [1.807, 2.05) is 0 Å². The summed E-state index contributed by atoms with van der Waals surface area (Å²) in [6.07, 6.45) is 2.60. The molecule has 5 heteroatoms. The van der Waals surface area contributed by atoms with Gasteiger partial charge in [-0.25, -0.2) is 0 Å². The zero-order valence-electron chi connectivity index (χ0n) is 10.6. The maximum atomic E-state index is 4.63. The van der Waals surface area contributed by atoms with Gasteiger partial charge in [0.15, 0.2) is 0 Å². The highest BCUT2D eigenvalue weighted by Gasteiger charge is 2.36. The van der Waals surface area contributed by atoms with Gasteiger partial charge < -0.3 is 10.2 Å². The average molecular weight is 235 g/mol. The molecule has 0 aliphatic carbocycles. The average Bonchev–Trinajstić information content (AvgIpc) is 2.97. The molecule has 17 heavy (non-hydrogen) atoms. The van der Waals surface area contributed by atoms with Crippen molar-refractivity contribution < 1.29 is 0 Å². The molecule has 0 spiro atoms. The molecule has 94 valence electrons. The van der Waals surface area contributed by atoms with Gasteiger partial charge in [-0.15, -0.1) is 5.10 Å². The van der Waals surface area contributed by atoms with E-state index >= 15 is 0 Å². The Hall–Kier alpha value is -1.10. The van der Waals surface area contributed by atoms with Gasteiger partial charge in [0.1, 0.15) is 5.82 Å². The summed E-state index contributed by atoms with van der Waals surface area (Å²) in [4.78, 5) is 7.01. The number of nitrogens with zero attached hydrogens (tertiary/aromatic N) is 3. The smallest absolute Gasteiger partial charge is 0.245 e. The first kappa shape index (κ1) is 11.0. The third kappa shape index (κ3) is 1.92. The van der Waals surface area contributed by atoms with E-state index in [9.17, 15) is 0 Å². The lowest BCUT2D eigenvalue weighted by atomic mass is 9.92. The lowest BCUT2D eigenvalue weighted by Crippen LogP contribution is -2.45. The molecule has 3 rings (SSSR count). The van der Waals surface area contributed by atoms with Crippen LogP contribution in [0, 0.1) is 5.92 Å². The van der Waals surface area contributed by atoms with Crippen molar-refractivity contribution in [2.75, 3.05) is 24.5 Å². The number of rotatable bonds is 2. The molecule has 0 amide bonds. The van der Waals surface area contributed by atoms with Gasteiger partial charge in [0.05, 0.1) is 0 Å². The van der Waals surface area contributed by atoms with E-state index in [4.69, 9.17) is 0 Å². The SMILES string of the molecule is CC(C)c1nc(N2CCCC3CNCC32)n[nH]1. The van der Waals surface area contributed by atoms with Crippen LogP contribution in [0.4, 0.5) is 5.95 Å². The molecule has 2 atom stereocenters. The van der Waals surface area contributed by atoms with Gasteiger partial charge in [-0.05, 0) is 18.8 Å². The number of hydrogen-bond acceptors (Lipinski definition) is 4. The van der Waals surface area contributed by atoms with Gasteiger partial charge in [-0.3, -0.25) is 5.10 Å². The summed E-state index contributed by atoms with van der Waals surface area (Å²) in [5.41, 5.74) is 0. The normalized spacial score (nSPS) is 28.8. The van der Waals surface area contributed by atoms with Crippen molar-refractivity contribution in [1.29, 1.82) is 0 Å². The summed E-state index contributed by atoms with van der Waals surface area (Å²) < 4.78 is 0. The molecule has 1 aromatic rings. The van der Waals surface area contributed by atoms with Crippen LogP contribution in [0.15, 0.2) is 0 Å². The number of aromatic nitrogens is 3. The summed E-state index contributed by atoms with van der Waals surface area (Å²) in [6.45, 7) is 7.61. The summed E-state index contributed by atoms with van der Waals surface area (Å²) in [6, 6.07) is 0.597. The molecule has 3 heterocycles. The molecule has 0 aromatic carbocycles. The number of aromatic amines is 1. The summed E-state index contributed by atoms with van der Waals surface area (Å²) in [7, 11) is 0. The molecular weight excluding hydrogens is 214 g/mol. The Balaban J connectivity index is 1.81. The van der Waals surface area contributed by atoms with E-state index in [-0.39, 0.29) is 0 Å². The Kier molecular flexibility index (Phi) is 2.78. The molecule has 2 aliphatic rings. The third-order valence-electron chi connectivity index (χ3n) is 3.97. The monoisotopic (exact) mass is 235 g/mol. The predicted octanol–water partition coefficient (Wildman–Crippen LogP) is 1.12. The van der Waals surface area contributed by atoms with Gasteiger partial charge in [-0.1, -0.05) is 13.8 Å². The van der Waals surface area contributed by atoms with Crippen LogP contribution in [-0.2, 0) is 0 Å². The van der Waals surface area contributed by atoms with Crippen molar-refractivity contribution in [3.63, 3.8) is 0 Å². The van der Waals surface area contributed by atoms with E-state index in [1.165, 1.54) is 12.8 Å². The minimum Gasteiger partial charge on any atom is -0.335 e. The zero-order valence-corrected chi connectivity index (χ0v) is 10.6. The van der Waals surface area contributed by atoms with Crippen LogP contribution in [0.1, 0.15) is 38.4 Å². The molecule has 2 saturated heterocycles. The standard InChI is InChI=1S/C12H21N5/c1-8(2)11-14-12(16-15-11)17-5-3-4-9-6-13-7-10(9)17/h8-10,13H,3-7H2,1-2H3,(H,14,15,16). The highest BCUT2D eigenvalue weighted by molar-refractivity contribution is 5.33. The second-order valence-electron chi connectivity index (χ2n) is 5.50. The first-order chi connectivity index (χ1) is 8.25. The maximum absolute atomic E-state index is 4.63. The topological polar surface area (TPSA) is 56.8 Å². The van der Waals surface area contributed by atoms with Crippen LogP contribution in [0.25, 0.3) is 0 Å². The van der Waals surface area contributed by atoms with Crippen LogP contribution in [0.5, 0.6) is 0 Å². The number of hydrogen-bond donors (Lipinski definition) is 2. The molecule has 2 fully saturated rings. The number of anilines is 1. The van der Waals surface area contributed by atoms with E-state index in [0.29, 0.717) is 12.0 Å². The van der Waals surface area contributed by atoms with Crippen LogP contribution < -0.4 is 10.2 Å². The molecule has 2 aliphatic heterocycles. The Morgan fingerprint density at radius 2 is 2.24 bits per heavy atom. The number of piperidine rings is 1. The van der Waals surface area contributed by atoms with Crippen molar-refractivity contribution in [3.05, 3.63) is 5.82 Å². The van der Waals surface area contributed by atoms with E-state index in [1.54, 1.807) is 0 Å². The quantitative estimate of drug-likeness (QED) is 0.806. The Labute approximate surface area is 102 Å². The van der Waals surface area contributed by atoms with Gasteiger partial charge >= 0.3 is 0 Å². The third-order valence-corrected chi connectivity index (χ3v) is 3.97. The molecule has 5 nitrogen and oxygen atoms in total. The highest BCUT2D eigenvalue weighted by Crippen LogP contribution is 2.29. The molecular formula is C12H21N5. The molecule has 0 radical (unpaired) electrons. The van der Waals surface area contributed by atoms with Crippen molar-refractivity contribution in [1.82, 2.24) is 20.5 Å². The van der Waals surface area contributed by atoms with Gasteiger partial charge in [0, 0.05) is 31.6 Å². The number of H-pyrrole nitrogens is 1. The predicted molar refractivity (Wildman–Crippen MR) is 67.2 cm³/mol. The lowest BCUT2D eigenvalue weighted by Gasteiger charge is -2.36. The van der Waals surface area contributed by atoms with Gasteiger partial charge in [0.25, 0.3) is 0 Å². The van der Waals surface area contributed by atoms with Crippen molar-refractivity contribution in [3.8, 4) is 0 Å². The van der Waals surface area contributed by atoms with Gasteiger partial charge in [0.2, 0.25) is 5.95 Å². The fourth-order valence-corrected chi connectivity index (χ4v) is 2.97. The van der Waals surface area contributed by atoms with E-state index < -0.39 is 0 Å². The number of nitrogens with one attached hydrogen (secondary N) is 2. The second kappa shape index (κ2) is 4.29. The minimum atomic E-state index is 0.415. The van der Waals surface area contributed by atoms with Crippen molar-refractivity contribution in [2.24, 2.45) is 5.92 Å². The largest absolute Gasteiger partial charge is 0.335 e. The van der Waals surface area contributed by atoms with Crippen LogP contribution in [0.3, 0.4) is 0 Å². The van der Waals surface area contributed by atoms with Gasteiger partial charge in [-0.2, -0.15) is 4.98 Å². The zero-order chi connectivity index (χ0) is 11.8. The van der Waals surface area contributed by atoms with Crippen molar-refractivity contribution >= 4 is 5.95 Å². The fourth-order valence-electron chi connectivity index (χ4n) is 2.97. The van der Waals surface area contributed by atoms with Crippen LogP contribution in [0.2, 0.25) is 0 Å². The fraction of sp³-hybridized carbons (Fsp3) is 0.833. The molecule has 2 unspecified atom stereocenters. The van der Waals surface area contributed by atoms with E-state index in [0.717, 1.165) is 37.3 Å². The molecule has 1 aromatic heterocycles. The Morgan fingerprint density at radius 3 is 3.00 bits per heavy atom. The number of fused-ring (bicyclic) bond motifs is 1. The Morgan fingerprint density at radius 1 is 1.35 bits per heavy atom. The summed E-state index contributed by atoms with van der Waals surface area (Å²) in [5.74, 6) is 3.09. The Bertz CT molecular complexity index is 386. The molecule has 0 bridgehead atoms. The van der Waals surface area contributed by atoms with Crippen molar-refractivity contribution in [2.45, 2.75) is 38.6 Å². The highest BCUT2D eigenvalue weighted by atomic mass is 15.4. The lowest BCUT2D eigenvalue weighted by molar-refractivity contribution is 0.381. The minimum absolute atomic E-state index is 0.415. The molecule has 0 saturated carbocycles. The second-order valence-corrected chi connectivity index (χ2v) is 5.50. The summed E-state index contributed by atoms with van der Waals surface area (Å²) in [5, 5.41) is 10.9. The first-order valence-corrected chi connectivity index (χ1v) is 6.65. The van der Waals surface area contributed by atoms with Crippen LogP contribution >= 0.6 is 0 Å². The summed E-state index contributed by atoms with van der Waals surface area (Å²) >= 11 is 0. The van der Waals surface area contributed by atoms with Crippen LogP contribution in [-0.4, -0.2) is 40.9 Å². The first-order valence-electron chi connectivity index (χ1n) is 6.65. The van der Waals surface area contributed by atoms with E-state index in [2.05, 4.69) is 39.2 Å². The molecule has 2 N–H and O–H groups in total.